The van der Waals surface area contributed by atoms with E-state index in [4.69, 9.17) is 0 Å². The Bertz CT molecular complexity index is 290. The molecule has 0 bridgehead atoms. The summed E-state index contributed by atoms with van der Waals surface area (Å²) in [5, 5.41) is 0. The first kappa shape index (κ1) is 15.1. The van der Waals surface area contributed by atoms with Crippen LogP contribution in [-0.4, -0.2) is 5.92 Å². The van der Waals surface area contributed by atoms with Gasteiger partial charge >= 0.3 is 0 Å². The van der Waals surface area contributed by atoms with E-state index in [1.54, 1.807) is 6.08 Å². The lowest BCUT2D eigenvalue weighted by Crippen LogP contribution is -2.12. The summed E-state index contributed by atoms with van der Waals surface area (Å²) in [4.78, 5) is 0. The quantitative estimate of drug-likeness (QED) is 0.542. The Hall–Kier alpha value is -0.920. The van der Waals surface area contributed by atoms with Crippen molar-refractivity contribution in [2.24, 2.45) is 0 Å². The first-order valence-electron chi connectivity index (χ1n) is 5.77. The lowest BCUT2D eigenvalue weighted by molar-refractivity contribution is 0.0675. The van der Waals surface area contributed by atoms with E-state index in [2.05, 4.69) is 13.5 Å². The van der Waals surface area contributed by atoms with Crippen LogP contribution < -0.4 is 0 Å². The Morgan fingerprint density at radius 3 is 2.19 bits per heavy atom. The van der Waals surface area contributed by atoms with Crippen molar-refractivity contribution in [3.8, 4) is 0 Å². The molecule has 0 spiro atoms. The first-order valence-corrected chi connectivity index (χ1v) is 5.77. The van der Waals surface area contributed by atoms with Crippen LogP contribution in [0.5, 0.6) is 0 Å². The van der Waals surface area contributed by atoms with E-state index in [-0.39, 0.29) is 5.57 Å². The fraction of sp³-hybridized carbons (Fsp3) is 0.571. The molecule has 92 valence electrons. The van der Waals surface area contributed by atoms with Crippen LogP contribution in [0.25, 0.3) is 0 Å². The molecule has 0 fully saturated rings. The summed E-state index contributed by atoms with van der Waals surface area (Å²) in [5.74, 6) is -2.81. The topological polar surface area (TPSA) is 0 Å². The maximum absolute atomic E-state index is 13.2. The maximum atomic E-state index is 13.2. The van der Waals surface area contributed by atoms with Crippen molar-refractivity contribution in [1.82, 2.24) is 0 Å². The molecule has 0 amide bonds. The zero-order valence-electron chi connectivity index (χ0n) is 10.7. The average molecular weight is 228 g/mol. The van der Waals surface area contributed by atoms with E-state index in [9.17, 15) is 8.78 Å². The molecular formula is C14H22F2. The van der Waals surface area contributed by atoms with Crippen molar-refractivity contribution in [2.45, 2.75) is 52.9 Å². The highest BCUT2D eigenvalue weighted by Crippen LogP contribution is 2.27. The predicted molar refractivity (Wildman–Crippen MR) is 66.8 cm³/mol. The lowest BCUT2D eigenvalue weighted by Gasteiger charge is -2.13. The fourth-order valence-electron chi connectivity index (χ4n) is 1.62. The first-order chi connectivity index (χ1) is 7.36. The molecule has 0 rings (SSSR count). The van der Waals surface area contributed by atoms with E-state index in [1.807, 2.05) is 13.8 Å². The summed E-state index contributed by atoms with van der Waals surface area (Å²) in [5.41, 5.74) is 2.19. The molecule has 0 atom stereocenters. The SMILES string of the molecule is C=C/C(=C\C(CC)=C(/C)CCC)C(C)(F)F. The molecule has 0 aromatic rings. The van der Waals surface area contributed by atoms with Gasteiger partial charge in [0.05, 0.1) is 0 Å². The van der Waals surface area contributed by atoms with Crippen LogP contribution in [-0.2, 0) is 0 Å². The third-order valence-electron chi connectivity index (χ3n) is 2.61. The molecule has 0 nitrogen and oxygen atoms in total. The average Bonchev–Trinajstić information content (AvgIpc) is 2.17. The largest absolute Gasteiger partial charge is 0.270 e. The fourth-order valence-corrected chi connectivity index (χ4v) is 1.62. The van der Waals surface area contributed by atoms with Crippen LogP contribution in [0.15, 0.2) is 35.5 Å². The van der Waals surface area contributed by atoms with Crippen molar-refractivity contribution in [1.29, 1.82) is 0 Å². The molecule has 0 saturated carbocycles. The van der Waals surface area contributed by atoms with Gasteiger partial charge in [0.15, 0.2) is 0 Å². The molecule has 0 unspecified atom stereocenters. The van der Waals surface area contributed by atoms with Crippen LogP contribution in [0, 0.1) is 0 Å². The smallest absolute Gasteiger partial charge is 0.202 e. The monoisotopic (exact) mass is 228 g/mol. The van der Waals surface area contributed by atoms with Crippen molar-refractivity contribution >= 4 is 0 Å². The minimum absolute atomic E-state index is 0.000182. The zero-order valence-corrected chi connectivity index (χ0v) is 10.7. The van der Waals surface area contributed by atoms with Gasteiger partial charge in [0, 0.05) is 12.5 Å². The molecule has 0 aliphatic heterocycles. The van der Waals surface area contributed by atoms with Gasteiger partial charge in [0.25, 0.3) is 5.92 Å². The van der Waals surface area contributed by atoms with Gasteiger partial charge in [-0.05, 0) is 31.4 Å². The minimum Gasteiger partial charge on any atom is -0.202 e. The number of halogens is 2. The molecule has 0 aliphatic rings. The third kappa shape index (κ3) is 4.73. The number of hydrogen-bond acceptors (Lipinski definition) is 0. The Kier molecular flexibility index (Phi) is 6.24. The molecule has 0 aromatic heterocycles. The summed E-state index contributed by atoms with van der Waals surface area (Å²) in [6.07, 6.45) is 5.60. The third-order valence-corrected chi connectivity index (χ3v) is 2.61. The highest BCUT2D eigenvalue weighted by molar-refractivity contribution is 5.35. The van der Waals surface area contributed by atoms with Gasteiger partial charge in [-0.25, -0.2) is 8.78 Å². The van der Waals surface area contributed by atoms with E-state index < -0.39 is 5.92 Å². The second-order valence-corrected chi connectivity index (χ2v) is 4.10. The highest BCUT2D eigenvalue weighted by Gasteiger charge is 2.25. The second kappa shape index (κ2) is 6.62. The standard InChI is InChI=1S/C14H22F2/c1-6-9-11(4)12(7-2)10-13(8-3)14(5,15)16/h8,10H,3,6-7,9H2,1-2,4-5H3/b12-11+,13-10+. The van der Waals surface area contributed by atoms with Gasteiger partial charge < -0.3 is 0 Å². The highest BCUT2D eigenvalue weighted by atomic mass is 19.3. The van der Waals surface area contributed by atoms with Crippen LogP contribution in [0.4, 0.5) is 8.78 Å². The maximum Gasteiger partial charge on any atom is 0.270 e. The Balaban J connectivity index is 5.21. The minimum atomic E-state index is -2.81. The van der Waals surface area contributed by atoms with Gasteiger partial charge in [-0.2, -0.15) is 0 Å². The van der Waals surface area contributed by atoms with Gasteiger partial charge in [0.2, 0.25) is 0 Å². The van der Waals surface area contributed by atoms with E-state index in [1.165, 1.54) is 11.6 Å². The summed E-state index contributed by atoms with van der Waals surface area (Å²) in [6.45, 7) is 10.4. The van der Waals surface area contributed by atoms with E-state index >= 15 is 0 Å². The van der Waals surface area contributed by atoms with Gasteiger partial charge in [-0.1, -0.05) is 38.5 Å². The van der Waals surface area contributed by atoms with E-state index in [0.29, 0.717) is 0 Å². The van der Waals surface area contributed by atoms with Crippen molar-refractivity contribution in [2.75, 3.05) is 0 Å². The molecule has 16 heavy (non-hydrogen) atoms. The zero-order chi connectivity index (χ0) is 12.8. The summed E-state index contributed by atoms with van der Waals surface area (Å²) in [7, 11) is 0. The second-order valence-electron chi connectivity index (χ2n) is 4.10. The molecule has 0 heterocycles. The molecule has 0 N–H and O–H groups in total. The summed E-state index contributed by atoms with van der Waals surface area (Å²) < 4.78 is 26.3. The van der Waals surface area contributed by atoms with Crippen molar-refractivity contribution < 1.29 is 8.78 Å². The van der Waals surface area contributed by atoms with Crippen LogP contribution >= 0.6 is 0 Å². The Morgan fingerprint density at radius 1 is 1.31 bits per heavy atom. The van der Waals surface area contributed by atoms with Crippen LogP contribution in [0.3, 0.4) is 0 Å². The molecule has 2 heteroatoms. The number of alkyl halides is 2. The Morgan fingerprint density at radius 2 is 1.88 bits per heavy atom. The number of allylic oxidation sites excluding steroid dienone is 5. The van der Waals surface area contributed by atoms with Crippen LogP contribution in [0.1, 0.15) is 47.0 Å². The molecule has 0 aliphatic carbocycles. The molecule has 0 radical (unpaired) electrons. The van der Waals surface area contributed by atoms with Crippen molar-refractivity contribution in [3.05, 3.63) is 35.5 Å². The summed E-state index contributed by atoms with van der Waals surface area (Å²) in [6, 6.07) is 0. The normalized spacial score (nSPS) is 14.8. The summed E-state index contributed by atoms with van der Waals surface area (Å²) >= 11 is 0. The number of rotatable bonds is 6. The van der Waals surface area contributed by atoms with Gasteiger partial charge in [-0.15, -0.1) is 0 Å². The Labute approximate surface area is 97.7 Å². The molecule has 0 aromatic carbocycles. The lowest BCUT2D eigenvalue weighted by atomic mass is 9.98. The van der Waals surface area contributed by atoms with Crippen LogP contribution in [0.2, 0.25) is 0 Å². The molecular weight excluding hydrogens is 206 g/mol. The predicted octanol–water partition coefficient (Wildman–Crippen LogP) is 5.28. The van der Waals surface area contributed by atoms with Crippen molar-refractivity contribution in [3.63, 3.8) is 0 Å². The molecule has 0 saturated heterocycles. The van der Waals surface area contributed by atoms with E-state index in [0.717, 1.165) is 31.8 Å². The number of hydrogen-bond donors (Lipinski definition) is 0. The van der Waals surface area contributed by atoms with Gasteiger partial charge in [-0.3, -0.25) is 0 Å². The van der Waals surface area contributed by atoms with Gasteiger partial charge in [0.1, 0.15) is 0 Å².